The summed E-state index contributed by atoms with van der Waals surface area (Å²) in [6, 6.07) is 17.2. The Morgan fingerprint density at radius 1 is 0.942 bits per heavy atom. The maximum Gasteiger partial charge on any atom is 0.409 e. The van der Waals surface area contributed by atoms with Gasteiger partial charge in [-0.25, -0.2) is 4.79 Å². The van der Waals surface area contributed by atoms with Gasteiger partial charge in [0, 0.05) is 56.0 Å². The summed E-state index contributed by atoms with van der Waals surface area (Å²) in [5.74, 6) is -0.838. The number of aliphatic hydroxyl groups is 2. The van der Waals surface area contributed by atoms with Crippen molar-refractivity contribution in [1.29, 1.82) is 0 Å². The van der Waals surface area contributed by atoms with E-state index in [2.05, 4.69) is 30.6 Å². The number of unbranched alkanes of at least 4 members (excludes halogenated alkanes) is 11. The number of carbonyl (C=O) groups excluding carboxylic acids is 1. The van der Waals surface area contributed by atoms with E-state index >= 15 is 0 Å². The SMILES string of the molecule is C=CCOC12Oc3ccc(OCc4cccc(C)n4)cc3C3C(CCCCO)C(CCCCO)C=C(C(=NOCc4ccc([N+](=O)[O-])cc4)CC1N(C)C(=O)OCCCCCCCCCCCC)C32. The van der Waals surface area contributed by atoms with Crippen molar-refractivity contribution < 1.29 is 43.7 Å². The van der Waals surface area contributed by atoms with Crippen LogP contribution in [0, 0.1) is 34.8 Å². The van der Waals surface area contributed by atoms with Crippen molar-refractivity contribution in [3.05, 3.63) is 118 Å². The zero-order valence-corrected chi connectivity index (χ0v) is 41.2. The van der Waals surface area contributed by atoms with E-state index in [9.17, 15) is 25.1 Å². The highest BCUT2D eigenvalue weighted by atomic mass is 16.7. The molecular weight excluding hydrogens is 877 g/mol. The summed E-state index contributed by atoms with van der Waals surface area (Å²) >= 11 is 0. The minimum atomic E-state index is -1.43. The molecule has 2 aromatic carbocycles. The Balaban J connectivity index is 1.39. The first-order valence-electron chi connectivity index (χ1n) is 25.5. The Hall–Kier alpha value is -5.31. The van der Waals surface area contributed by atoms with E-state index in [1.54, 1.807) is 30.2 Å². The summed E-state index contributed by atoms with van der Waals surface area (Å²) in [7, 11) is 1.73. The third-order valence-corrected chi connectivity index (χ3v) is 14.0. The second kappa shape index (κ2) is 27.2. The van der Waals surface area contributed by atoms with Crippen LogP contribution in [0.4, 0.5) is 10.5 Å². The van der Waals surface area contributed by atoms with E-state index in [0.29, 0.717) is 35.6 Å². The molecule has 69 heavy (non-hydrogen) atoms. The van der Waals surface area contributed by atoms with Crippen molar-refractivity contribution in [2.24, 2.45) is 22.9 Å². The molecular formula is C55H76N4O10. The Labute approximate surface area is 409 Å². The monoisotopic (exact) mass is 953 g/mol. The lowest BCUT2D eigenvalue weighted by molar-refractivity contribution is -0.384. The van der Waals surface area contributed by atoms with Crippen molar-refractivity contribution in [2.75, 3.05) is 33.5 Å². The van der Waals surface area contributed by atoms with Crippen LogP contribution in [0.1, 0.15) is 145 Å². The first-order chi connectivity index (χ1) is 33.6. The Morgan fingerprint density at radius 2 is 1.65 bits per heavy atom. The summed E-state index contributed by atoms with van der Waals surface area (Å²) in [4.78, 5) is 37.7. The number of nitrogens with zero attached hydrogens (tertiary/aromatic N) is 4. The van der Waals surface area contributed by atoms with Crippen LogP contribution in [0.15, 0.2) is 90.1 Å². The normalized spacial score (nSPS) is 21.9. The fraction of sp³-hybridized carbons (Fsp3) is 0.582. The number of hydrogen-bond donors (Lipinski definition) is 2. The minimum absolute atomic E-state index is 0.0173. The van der Waals surface area contributed by atoms with Crippen LogP contribution >= 0.6 is 0 Å². The van der Waals surface area contributed by atoms with Gasteiger partial charge in [-0.05, 0) is 104 Å². The zero-order valence-electron chi connectivity index (χ0n) is 41.2. The molecule has 1 aliphatic heterocycles. The molecule has 14 heteroatoms. The van der Waals surface area contributed by atoms with Gasteiger partial charge >= 0.3 is 6.09 Å². The molecule has 376 valence electrons. The van der Waals surface area contributed by atoms with Crippen molar-refractivity contribution in [3.63, 3.8) is 0 Å². The van der Waals surface area contributed by atoms with E-state index < -0.39 is 28.8 Å². The number of nitro groups is 1. The number of aryl methyl sites for hydroxylation is 1. The van der Waals surface area contributed by atoms with Gasteiger partial charge in [0.1, 0.15) is 30.8 Å². The van der Waals surface area contributed by atoms with Gasteiger partial charge in [0.05, 0.1) is 35.5 Å². The second-order valence-electron chi connectivity index (χ2n) is 18.9. The highest BCUT2D eigenvalue weighted by Crippen LogP contribution is 2.62. The number of pyridine rings is 1. The predicted molar refractivity (Wildman–Crippen MR) is 267 cm³/mol. The van der Waals surface area contributed by atoms with Crippen molar-refractivity contribution in [3.8, 4) is 11.5 Å². The first kappa shape index (κ1) is 53.0. The first-order valence-corrected chi connectivity index (χ1v) is 25.5. The van der Waals surface area contributed by atoms with Crippen LogP contribution in [0.25, 0.3) is 0 Å². The number of likely N-dealkylation sites (N-methyl/N-ethyl adjacent to an activating group) is 1. The summed E-state index contributed by atoms with van der Waals surface area (Å²) in [6.45, 7) is 9.13. The number of carbonyl (C=O) groups is 1. The molecule has 14 nitrogen and oxygen atoms in total. The standard InChI is InChI=1S/C55H76N4O10/c1-5-7-8-9-10-11-12-13-14-19-34-65-54(62)58(4)51-37-49(57-68-38-41-25-27-44(28-26-41)59(63)64)47-35-42(22-15-17-31-60)46(24-16-18-32-61)52-48-36-45(66-39-43-23-20-21-40(3)56-43)29-30-50(48)69-55(51,53(47)52)67-33-6-2/h6,20-21,23,25-30,35-36,42,46,51-53,60-61H,2,5,7-19,22,24,31-34,37-39H2,1,3-4H3. The Morgan fingerprint density at radius 3 is 2.33 bits per heavy atom. The van der Waals surface area contributed by atoms with Gasteiger partial charge in [-0.2, -0.15) is 0 Å². The molecule has 0 radical (unpaired) electrons. The molecule has 2 heterocycles. The highest BCUT2D eigenvalue weighted by Gasteiger charge is 2.65. The number of benzene rings is 2. The number of ether oxygens (including phenoxy) is 4. The van der Waals surface area contributed by atoms with Gasteiger partial charge in [-0.15, -0.1) is 6.58 Å². The number of nitro benzene ring substituents is 1. The second-order valence-corrected chi connectivity index (χ2v) is 18.9. The van der Waals surface area contributed by atoms with Crippen molar-refractivity contribution in [2.45, 2.75) is 154 Å². The fourth-order valence-corrected chi connectivity index (χ4v) is 10.5. The lowest BCUT2D eigenvalue weighted by atomic mass is 9.55. The van der Waals surface area contributed by atoms with E-state index in [4.69, 9.17) is 28.9 Å². The van der Waals surface area contributed by atoms with Crippen molar-refractivity contribution >= 4 is 17.5 Å². The van der Waals surface area contributed by atoms with Crippen LogP contribution in [-0.2, 0) is 27.5 Å². The number of aromatic nitrogens is 1. The number of aliphatic hydroxyl groups excluding tert-OH is 2. The summed E-state index contributed by atoms with van der Waals surface area (Å²) in [6.07, 6.45) is 19.8. The summed E-state index contributed by atoms with van der Waals surface area (Å²) < 4.78 is 26.8. The number of amides is 1. The van der Waals surface area contributed by atoms with Gasteiger partial charge in [-0.3, -0.25) is 15.1 Å². The lowest BCUT2D eigenvalue weighted by Gasteiger charge is -2.59. The maximum atomic E-state index is 14.3. The topological polar surface area (TPSA) is 175 Å². The third kappa shape index (κ3) is 14.2. The van der Waals surface area contributed by atoms with Gasteiger partial charge in [0.2, 0.25) is 5.79 Å². The molecule has 6 atom stereocenters. The average molecular weight is 953 g/mol. The number of non-ortho nitro benzene ring substituents is 1. The molecule has 2 aliphatic carbocycles. The van der Waals surface area contributed by atoms with E-state index in [1.807, 2.05) is 37.3 Å². The average Bonchev–Trinajstić information content (AvgIpc) is 3.35. The van der Waals surface area contributed by atoms with Crippen LogP contribution in [0.5, 0.6) is 11.5 Å². The van der Waals surface area contributed by atoms with E-state index in [-0.39, 0.29) is 69.5 Å². The largest absolute Gasteiger partial charge is 0.487 e. The molecule has 3 aromatic rings. The third-order valence-electron chi connectivity index (χ3n) is 14.0. The summed E-state index contributed by atoms with van der Waals surface area (Å²) in [5.41, 5.74) is 4.87. The Bertz CT molecular complexity index is 2160. The lowest BCUT2D eigenvalue weighted by Crippen LogP contribution is -2.69. The molecule has 3 aliphatic rings. The van der Waals surface area contributed by atoms with Crippen LogP contribution in [-0.4, -0.2) is 82.1 Å². The highest BCUT2D eigenvalue weighted by molar-refractivity contribution is 6.03. The van der Waals surface area contributed by atoms with E-state index in [0.717, 1.165) is 67.5 Å². The molecule has 0 bridgehead atoms. The van der Waals surface area contributed by atoms with Gasteiger partial charge in [0.25, 0.3) is 5.69 Å². The molecule has 1 fully saturated rings. The van der Waals surface area contributed by atoms with Gasteiger partial charge in [0.15, 0.2) is 0 Å². The quantitative estimate of drug-likeness (QED) is 0.0281. The molecule has 1 amide bonds. The van der Waals surface area contributed by atoms with Gasteiger partial charge < -0.3 is 38.9 Å². The summed E-state index contributed by atoms with van der Waals surface area (Å²) in [5, 5.41) is 36.2. The van der Waals surface area contributed by atoms with Crippen molar-refractivity contribution in [1.82, 2.24) is 9.88 Å². The molecule has 1 aromatic heterocycles. The van der Waals surface area contributed by atoms with Gasteiger partial charge in [-0.1, -0.05) is 101 Å². The van der Waals surface area contributed by atoms with Crippen LogP contribution in [0.2, 0.25) is 0 Å². The predicted octanol–water partition coefficient (Wildman–Crippen LogP) is 11.7. The molecule has 1 saturated carbocycles. The molecule has 0 saturated heterocycles. The number of oxime groups is 1. The smallest absolute Gasteiger partial charge is 0.409 e. The molecule has 6 unspecified atom stereocenters. The zero-order chi connectivity index (χ0) is 49.0. The molecule has 6 rings (SSSR count). The Kier molecular flexibility index (Phi) is 20.9. The minimum Gasteiger partial charge on any atom is -0.487 e. The van der Waals surface area contributed by atoms with E-state index in [1.165, 1.54) is 57.1 Å². The number of hydrogen-bond acceptors (Lipinski definition) is 12. The van der Waals surface area contributed by atoms with Crippen LogP contribution in [0.3, 0.4) is 0 Å². The number of fused-ring (bicyclic) bond motifs is 2. The fourth-order valence-electron chi connectivity index (χ4n) is 10.5. The molecule has 2 N–H and O–H groups in total. The maximum absolute atomic E-state index is 14.3. The molecule has 0 spiro atoms. The van der Waals surface area contributed by atoms with Crippen LogP contribution < -0.4 is 9.47 Å². The number of rotatable bonds is 30. The number of allylic oxidation sites excluding steroid dienone is 1.